The largest absolute Gasteiger partial charge is 0.454 e. The third kappa shape index (κ3) is 2.86. The Bertz CT molecular complexity index is 431. The summed E-state index contributed by atoms with van der Waals surface area (Å²) in [6.07, 6.45) is 0.931. The van der Waals surface area contributed by atoms with E-state index in [0.717, 1.165) is 16.5 Å². The maximum Gasteiger partial charge on any atom is 0.339 e. The highest BCUT2D eigenvalue weighted by Crippen LogP contribution is 2.35. The van der Waals surface area contributed by atoms with Gasteiger partial charge in [-0.15, -0.1) is 0 Å². The van der Waals surface area contributed by atoms with Crippen molar-refractivity contribution in [2.45, 2.75) is 38.5 Å². The van der Waals surface area contributed by atoms with E-state index in [-0.39, 0.29) is 12.1 Å². The fraction of sp³-hybridized carbons (Fsp3) is 0.462. The second kappa shape index (κ2) is 5.17. The van der Waals surface area contributed by atoms with Crippen molar-refractivity contribution in [3.05, 3.63) is 33.8 Å². The van der Waals surface area contributed by atoms with Crippen LogP contribution in [0.2, 0.25) is 0 Å². The molecule has 0 saturated heterocycles. The van der Waals surface area contributed by atoms with Gasteiger partial charge in [-0.3, -0.25) is 0 Å². The van der Waals surface area contributed by atoms with Crippen LogP contribution in [0.25, 0.3) is 0 Å². The summed E-state index contributed by atoms with van der Waals surface area (Å²) in [5, 5.41) is 0. The number of carbonyl (C=O) groups excluding carboxylic acids is 1. The number of esters is 1. The number of hydrogen-bond acceptors (Lipinski definition) is 2. The zero-order valence-electron chi connectivity index (χ0n) is 9.58. The van der Waals surface area contributed by atoms with Crippen LogP contribution in [0.3, 0.4) is 0 Å². The summed E-state index contributed by atoms with van der Waals surface area (Å²) in [5.74, 6) is -0.278. The van der Waals surface area contributed by atoms with Crippen LogP contribution in [0.4, 0.5) is 4.39 Å². The van der Waals surface area contributed by atoms with Crippen molar-refractivity contribution in [1.82, 2.24) is 0 Å². The molecule has 0 aliphatic carbocycles. The van der Waals surface area contributed by atoms with Gasteiger partial charge in [0.1, 0.15) is 6.10 Å². The fourth-order valence-electron chi connectivity index (χ4n) is 2.04. The Balaban J connectivity index is 2.06. The molecule has 0 aromatic heterocycles. The predicted molar refractivity (Wildman–Crippen MR) is 66.7 cm³/mol. The molecule has 2 nitrogen and oxygen atoms in total. The quantitative estimate of drug-likeness (QED) is 0.779. The van der Waals surface area contributed by atoms with Crippen LogP contribution in [-0.2, 0) is 4.74 Å². The smallest absolute Gasteiger partial charge is 0.339 e. The zero-order chi connectivity index (χ0) is 12.4. The molecule has 0 N–H and O–H groups in total. The van der Waals surface area contributed by atoms with E-state index in [0.29, 0.717) is 18.4 Å². The van der Waals surface area contributed by atoms with Crippen LogP contribution in [0.5, 0.6) is 0 Å². The number of cyclic esters (lactones) is 1. The SMILES string of the molecule is CC(F)CCCC1OC(=O)c2cc(Br)ccc21. The summed E-state index contributed by atoms with van der Waals surface area (Å²) in [6, 6.07) is 5.56. The van der Waals surface area contributed by atoms with Crippen molar-refractivity contribution in [2.24, 2.45) is 0 Å². The number of ether oxygens (including phenoxy) is 1. The highest BCUT2D eigenvalue weighted by atomic mass is 79.9. The summed E-state index contributed by atoms with van der Waals surface area (Å²) in [6.45, 7) is 1.55. The molecule has 4 heteroatoms. The topological polar surface area (TPSA) is 26.3 Å². The normalized spacial score (nSPS) is 19.9. The average molecular weight is 301 g/mol. The molecule has 1 aliphatic heterocycles. The Kier molecular flexibility index (Phi) is 3.82. The first-order valence-electron chi connectivity index (χ1n) is 5.72. The lowest BCUT2D eigenvalue weighted by Crippen LogP contribution is -2.00. The van der Waals surface area contributed by atoms with Gasteiger partial charge in [0.15, 0.2) is 0 Å². The number of halogens is 2. The third-order valence-corrected chi connectivity index (χ3v) is 3.39. The van der Waals surface area contributed by atoms with E-state index < -0.39 is 6.17 Å². The number of hydrogen-bond donors (Lipinski definition) is 0. The van der Waals surface area contributed by atoms with E-state index in [1.54, 1.807) is 13.0 Å². The Hall–Kier alpha value is -0.900. The molecule has 0 saturated carbocycles. The molecule has 0 fully saturated rings. The first kappa shape index (κ1) is 12.6. The van der Waals surface area contributed by atoms with Crippen molar-refractivity contribution in [3.63, 3.8) is 0 Å². The first-order valence-corrected chi connectivity index (χ1v) is 6.51. The summed E-state index contributed by atoms with van der Waals surface area (Å²) in [5.41, 5.74) is 1.54. The molecule has 17 heavy (non-hydrogen) atoms. The Morgan fingerprint density at radius 1 is 1.53 bits per heavy atom. The Morgan fingerprint density at radius 3 is 3.00 bits per heavy atom. The molecule has 1 aromatic rings. The highest BCUT2D eigenvalue weighted by Gasteiger charge is 2.30. The van der Waals surface area contributed by atoms with Crippen LogP contribution < -0.4 is 0 Å². The number of alkyl halides is 1. The third-order valence-electron chi connectivity index (χ3n) is 2.90. The molecule has 0 radical (unpaired) electrons. The van der Waals surface area contributed by atoms with Crippen molar-refractivity contribution in [1.29, 1.82) is 0 Å². The molecule has 0 amide bonds. The van der Waals surface area contributed by atoms with Gasteiger partial charge in [0, 0.05) is 10.0 Å². The van der Waals surface area contributed by atoms with Gasteiger partial charge in [-0.1, -0.05) is 22.0 Å². The molecular formula is C13H14BrFO2. The zero-order valence-corrected chi connectivity index (χ0v) is 11.2. The standard InChI is InChI=1S/C13H14BrFO2/c1-8(15)3-2-4-12-10-6-5-9(14)7-11(10)13(16)17-12/h5-8,12H,2-4H2,1H3. The lowest BCUT2D eigenvalue weighted by atomic mass is 10.0. The lowest BCUT2D eigenvalue weighted by molar-refractivity contribution is 0.0361. The van der Waals surface area contributed by atoms with E-state index in [1.165, 1.54) is 0 Å². The monoisotopic (exact) mass is 300 g/mol. The molecule has 2 rings (SSSR count). The molecule has 0 spiro atoms. The molecular weight excluding hydrogens is 287 g/mol. The predicted octanol–water partition coefficient (Wildman–Crippen LogP) is 4.19. The van der Waals surface area contributed by atoms with Gasteiger partial charge in [0.2, 0.25) is 0 Å². The summed E-state index contributed by atoms with van der Waals surface area (Å²) in [7, 11) is 0. The Morgan fingerprint density at radius 2 is 2.29 bits per heavy atom. The fourth-order valence-corrected chi connectivity index (χ4v) is 2.40. The molecule has 1 aliphatic rings. The van der Waals surface area contributed by atoms with Gasteiger partial charge in [0.25, 0.3) is 0 Å². The van der Waals surface area contributed by atoms with Gasteiger partial charge in [-0.05, 0) is 38.3 Å². The van der Waals surface area contributed by atoms with Crippen molar-refractivity contribution in [3.8, 4) is 0 Å². The number of benzene rings is 1. The van der Waals surface area contributed by atoms with Gasteiger partial charge in [-0.2, -0.15) is 0 Å². The van der Waals surface area contributed by atoms with Crippen molar-refractivity contribution < 1.29 is 13.9 Å². The maximum absolute atomic E-state index is 12.7. The molecule has 2 atom stereocenters. The average Bonchev–Trinajstić information content (AvgIpc) is 2.55. The second-order valence-electron chi connectivity index (χ2n) is 4.34. The van der Waals surface area contributed by atoms with E-state index in [2.05, 4.69) is 15.9 Å². The second-order valence-corrected chi connectivity index (χ2v) is 5.25. The maximum atomic E-state index is 12.7. The van der Waals surface area contributed by atoms with E-state index in [9.17, 15) is 9.18 Å². The van der Waals surface area contributed by atoms with Crippen LogP contribution in [0, 0.1) is 0 Å². The van der Waals surface area contributed by atoms with E-state index in [4.69, 9.17) is 4.74 Å². The van der Waals surface area contributed by atoms with E-state index >= 15 is 0 Å². The summed E-state index contributed by atoms with van der Waals surface area (Å²) >= 11 is 3.33. The molecule has 1 heterocycles. The number of rotatable bonds is 4. The summed E-state index contributed by atoms with van der Waals surface area (Å²) in [4.78, 5) is 11.6. The number of fused-ring (bicyclic) bond motifs is 1. The van der Waals surface area contributed by atoms with Gasteiger partial charge in [-0.25, -0.2) is 9.18 Å². The van der Waals surface area contributed by atoms with Gasteiger partial charge >= 0.3 is 5.97 Å². The van der Waals surface area contributed by atoms with Gasteiger partial charge in [0.05, 0.1) is 11.7 Å². The minimum absolute atomic E-state index is 0.204. The van der Waals surface area contributed by atoms with E-state index in [1.807, 2.05) is 12.1 Å². The number of carbonyl (C=O) groups is 1. The highest BCUT2D eigenvalue weighted by molar-refractivity contribution is 9.10. The Labute approximate surface area is 108 Å². The lowest BCUT2D eigenvalue weighted by Gasteiger charge is -2.10. The van der Waals surface area contributed by atoms with Crippen molar-refractivity contribution in [2.75, 3.05) is 0 Å². The molecule has 1 aromatic carbocycles. The minimum atomic E-state index is -0.795. The van der Waals surface area contributed by atoms with Crippen LogP contribution in [0.15, 0.2) is 22.7 Å². The van der Waals surface area contributed by atoms with Crippen molar-refractivity contribution >= 4 is 21.9 Å². The van der Waals surface area contributed by atoms with Crippen LogP contribution in [-0.4, -0.2) is 12.1 Å². The first-order chi connectivity index (χ1) is 8.08. The minimum Gasteiger partial charge on any atom is -0.454 e. The molecule has 2 unspecified atom stereocenters. The molecule has 0 bridgehead atoms. The molecule has 92 valence electrons. The van der Waals surface area contributed by atoms with Gasteiger partial charge < -0.3 is 4.74 Å². The van der Waals surface area contributed by atoms with Crippen LogP contribution >= 0.6 is 15.9 Å². The van der Waals surface area contributed by atoms with Crippen LogP contribution in [0.1, 0.15) is 48.2 Å². The summed E-state index contributed by atoms with van der Waals surface area (Å²) < 4.78 is 18.8.